The summed E-state index contributed by atoms with van der Waals surface area (Å²) in [6.45, 7) is 2.68. The predicted octanol–water partition coefficient (Wildman–Crippen LogP) is 1.41. The van der Waals surface area contributed by atoms with Crippen LogP contribution in [0.4, 0.5) is 0 Å². The number of hydroxylamine groups is 1. The summed E-state index contributed by atoms with van der Waals surface area (Å²) in [6, 6.07) is 6.28. The van der Waals surface area contributed by atoms with E-state index in [0.29, 0.717) is 6.61 Å². The maximum Gasteiger partial charge on any atom is 0.152 e. The zero-order valence-electron chi connectivity index (χ0n) is 7.79. The fraction of sp³-hybridized carbons (Fsp3) is 0.300. The molecule has 13 heavy (non-hydrogen) atoms. The molecule has 1 aromatic rings. The van der Waals surface area contributed by atoms with Gasteiger partial charge in [-0.25, -0.2) is 5.48 Å². The minimum absolute atomic E-state index is 0.607. The SMILES string of the molecule is CN=C1NOCc2cc(C)ccc21. The fourth-order valence-electron chi connectivity index (χ4n) is 1.48. The third-order valence-corrected chi connectivity index (χ3v) is 2.14. The lowest BCUT2D eigenvalue weighted by Gasteiger charge is -2.19. The average Bonchev–Trinajstić information content (AvgIpc) is 2.16. The van der Waals surface area contributed by atoms with E-state index in [0.717, 1.165) is 11.4 Å². The van der Waals surface area contributed by atoms with E-state index in [1.165, 1.54) is 11.1 Å². The molecule has 0 aromatic heterocycles. The molecule has 1 aliphatic rings. The predicted molar refractivity (Wildman–Crippen MR) is 51.6 cm³/mol. The Hall–Kier alpha value is -1.35. The van der Waals surface area contributed by atoms with Crippen molar-refractivity contribution in [2.24, 2.45) is 4.99 Å². The summed E-state index contributed by atoms with van der Waals surface area (Å²) in [5.41, 5.74) is 6.38. The Morgan fingerprint density at radius 1 is 1.46 bits per heavy atom. The van der Waals surface area contributed by atoms with Gasteiger partial charge in [-0.05, 0) is 12.5 Å². The summed E-state index contributed by atoms with van der Waals surface area (Å²) >= 11 is 0. The highest BCUT2D eigenvalue weighted by Gasteiger charge is 2.14. The first-order chi connectivity index (χ1) is 6.31. The van der Waals surface area contributed by atoms with Gasteiger partial charge in [0.2, 0.25) is 0 Å². The number of hydrogen-bond acceptors (Lipinski definition) is 2. The zero-order chi connectivity index (χ0) is 9.26. The molecule has 0 radical (unpaired) electrons. The molecule has 2 rings (SSSR count). The highest BCUT2D eigenvalue weighted by Crippen LogP contribution is 2.16. The average molecular weight is 176 g/mol. The number of hydrogen-bond donors (Lipinski definition) is 1. The molecule has 3 heteroatoms. The van der Waals surface area contributed by atoms with E-state index in [-0.39, 0.29) is 0 Å². The summed E-state index contributed by atoms with van der Waals surface area (Å²) < 4.78 is 0. The second kappa shape index (κ2) is 3.18. The second-order valence-electron chi connectivity index (χ2n) is 3.12. The third kappa shape index (κ3) is 1.42. The van der Waals surface area contributed by atoms with Gasteiger partial charge in [0, 0.05) is 12.6 Å². The van der Waals surface area contributed by atoms with Gasteiger partial charge >= 0.3 is 0 Å². The number of aryl methyl sites for hydroxylation is 1. The lowest BCUT2D eigenvalue weighted by molar-refractivity contribution is 0.0651. The van der Waals surface area contributed by atoms with Crippen molar-refractivity contribution < 1.29 is 4.84 Å². The highest BCUT2D eigenvalue weighted by molar-refractivity contribution is 5.99. The number of amidine groups is 1. The molecule has 1 aromatic carbocycles. The van der Waals surface area contributed by atoms with E-state index in [4.69, 9.17) is 4.84 Å². The molecule has 0 atom stereocenters. The first-order valence-corrected chi connectivity index (χ1v) is 4.26. The number of benzene rings is 1. The van der Waals surface area contributed by atoms with Crippen LogP contribution in [0.3, 0.4) is 0 Å². The van der Waals surface area contributed by atoms with Crippen LogP contribution in [0.2, 0.25) is 0 Å². The molecule has 0 amide bonds. The Kier molecular flexibility index (Phi) is 2.02. The van der Waals surface area contributed by atoms with Crippen LogP contribution in [0.1, 0.15) is 16.7 Å². The first kappa shape index (κ1) is 8.26. The molecule has 0 unspecified atom stereocenters. The first-order valence-electron chi connectivity index (χ1n) is 4.26. The molecule has 0 saturated heterocycles. The van der Waals surface area contributed by atoms with Crippen molar-refractivity contribution >= 4 is 5.84 Å². The summed E-state index contributed by atoms with van der Waals surface area (Å²) in [6.07, 6.45) is 0. The van der Waals surface area contributed by atoms with Crippen molar-refractivity contribution in [3.63, 3.8) is 0 Å². The van der Waals surface area contributed by atoms with Gasteiger partial charge in [0.25, 0.3) is 0 Å². The number of aliphatic imine (C=N–C) groups is 1. The van der Waals surface area contributed by atoms with E-state index in [1.807, 2.05) is 0 Å². The van der Waals surface area contributed by atoms with Crippen LogP contribution in [-0.2, 0) is 11.4 Å². The Morgan fingerprint density at radius 2 is 2.31 bits per heavy atom. The Bertz CT molecular complexity index is 358. The lowest BCUT2D eigenvalue weighted by Crippen LogP contribution is -2.30. The summed E-state index contributed by atoms with van der Waals surface area (Å²) in [5, 5.41) is 0. The van der Waals surface area contributed by atoms with Crippen LogP contribution in [0.15, 0.2) is 23.2 Å². The monoisotopic (exact) mass is 176 g/mol. The Morgan fingerprint density at radius 3 is 3.08 bits per heavy atom. The van der Waals surface area contributed by atoms with Crippen molar-refractivity contribution in [2.75, 3.05) is 7.05 Å². The molecule has 0 aliphatic carbocycles. The highest BCUT2D eigenvalue weighted by atomic mass is 16.6. The standard InChI is InChI=1S/C10H12N2O/c1-7-3-4-9-8(5-7)6-13-12-10(9)11-2/h3-5H,6H2,1-2H3,(H,11,12). The van der Waals surface area contributed by atoms with Gasteiger partial charge in [0.1, 0.15) is 6.61 Å². The molecule has 1 heterocycles. The molecule has 0 bridgehead atoms. The normalized spacial score (nSPS) is 18.2. The summed E-state index contributed by atoms with van der Waals surface area (Å²) in [5.74, 6) is 0.807. The van der Waals surface area contributed by atoms with Crippen LogP contribution < -0.4 is 5.48 Å². The van der Waals surface area contributed by atoms with E-state index in [2.05, 4.69) is 35.6 Å². The van der Waals surface area contributed by atoms with Crippen molar-refractivity contribution in [1.82, 2.24) is 5.48 Å². The second-order valence-corrected chi connectivity index (χ2v) is 3.12. The molecular weight excluding hydrogens is 164 g/mol. The molecule has 0 fully saturated rings. The van der Waals surface area contributed by atoms with E-state index in [9.17, 15) is 0 Å². The minimum Gasteiger partial charge on any atom is -0.270 e. The number of rotatable bonds is 0. The molecule has 0 saturated carbocycles. The van der Waals surface area contributed by atoms with Crippen molar-refractivity contribution in [3.05, 3.63) is 34.9 Å². The van der Waals surface area contributed by atoms with Crippen LogP contribution >= 0.6 is 0 Å². The Labute approximate surface area is 77.4 Å². The van der Waals surface area contributed by atoms with Gasteiger partial charge in [-0.3, -0.25) is 9.83 Å². The smallest absolute Gasteiger partial charge is 0.152 e. The van der Waals surface area contributed by atoms with Gasteiger partial charge < -0.3 is 0 Å². The van der Waals surface area contributed by atoms with Crippen LogP contribution in [0, 0.1) is 6.92 Å². The van der Waals surface area contributed by atoms with Crippen molar-refractivity contribution in [1.29, 1.82) is 0 Å². The largest absolute Gasteiger partial charge is 0.270 e. The maximum atomic E-state index is 5.17. The van der Waals surface area contributed by atoms with Crippen molar-refractivity contribution in [2.45, 2.75) is 13.5 Å². The molecular formula is C10H12N2O. The quantitative estimate of drug-likeness (QED) is 0.648. The van der Waals surface area contributed by atoms with Gasteiger partial charge in [-0.2, -0.15) is 0 Å². The van der Waals surface area contributed by atoms with E-state index < -0.39 is 0 Å². The lowest BCUT2D eigenvalue weighted by atomic mass is 10.0. The van der Waals surface area contributed by atoms with Crippen molar-refractivity contribution in [3.8, 4) is 0 Å². The number of nitrogens with one attached hydrogen (secondary N) is 1. The number of fused-ring (bicyclic) bond motifs is 1. The third-order valence-electron chi connectivity index (χ3n) is 2.14. The van der Waals surface area contributed by atoms with Gasteiger partial charge in [-0.1, -0.05) is 23.8 Å². The van der Waals surface area contributed by atoms with Gasteiger partial charge in [-0.15, -0.1) is 0 Å². The molecule has 0 spiro atoms. The molecule has 1 N–H and O–H groups in total. The van der Waals surface area contributed by atoms with Gasteiger partial charge in [0.05, 0.1) is 0 Å². The zero-order valence-corrected chi connectivity index (χ0v) is 7.79. The van der Waals surface area contributed by atoms with Crippen LogP contribution in [0.25, 0.3) is 0 Å². The van der Waals surface area contributed by atoms with E-state index in [1.54, 1.807) is 7.05 Å². The molecule has 68 valence electrons. The number of nitrogens with zero attached hydrogens (tertiary/aromatic N) is 1. The summed E-state index contributed by atoms with van der Waals surface area (Å²) in [7, 11) is 1.75. The molecule has 1 aliphatic heterocycles. The van der Waals surface area contributed by atoms with E-state index >= 15 is 0 Å². The molecule has 3 nitrogen and oxygen atoms in total. The minimum atomic E-state index is 0.607. The maximum absolute atomic E-state index is 5.17. The Balaban J connectivity index is 2.52. The summed E-state index contributed by atoms with van der Waals surface area (Å²) in [4.78, 5) is 9.27. The van der Waals surface area contributed by atoms with Crippen LogP contribution in [-0.4, -0.2) is 12.9 Å². The topological polar surface area (TPSA) is 33.6 Å². The van der Waals surface area contributed by atoms with Gasteiger partial charge in [0.15, 0.2) is 5.84 Å². The van der Waals surface area contributed by atoms with Crippen LogP contribution in [0.5, 0.6) is 0 Å². The fourth-order valence-corrected chi connectivity index (χ4v) is 1.48.